The molecule has 0 amide bonds. The first-order chi connectivity index (χ1) is 11.0. The topological polar surface area (TPSA) is 26.3 Å². The van der Waals surface area contributed by atoms with E-state index in [1.165, 1.54) is 13.2 Å². The third-order valence-electron chi connectivity index (χ3n) is 3.60. The van der Waals surface area contributed by atoms with E-state index in [1.54, 1.807) is 30.3 Å². The summed E-state index contributed by atoms with van der Waals surface area (Å²) < 4.78 is 32.3. The number of esters is 1. The maximum absolute atomic E-state index is 14.2. The number of benzene rings is 3. The quantitative estimate of drug-likeness (QED) is 0.475. The molecular formula is C18H11ClF2O2. The van der Waals surface area contributed by atoms with Crippen LogP contribution in [0.1, 0.15) is 10.4 Å². The fraction of sp³-hybridized carbons (Fsp3) is 0.0556. The molecule has 0 radical (unpaired) electrons. The summed E-state index contributed by atoms with van der Waals surface area (Å²) in [6.45, 7) is 0. The van der Waals surface area contributed by atoms with Crippen LogP contribution in [0, 0.1) is 11.6 Å². The molecule has 0 aliphatic heterocycles. The number of methoxy groups -OCH3 is 1. The van der Waals surface area contributed by atoms with Gasteiger partial charge < -0.3 is 4.74 Å². The Balaban J connectivity index is 2.29. The molecular weight excluding hydrogens is 322 g/mol. The Labute approximate surface area is 136 Å². The lowest BCUT2D eigenvalue weighted by atomic mass is 9.96. The average Bonchev–Trinajstić information content (AvgIpc) is 2.56. The van der Waals surface area contributed by atoms with Gasteiger partial charge in [-0.1, -0.05) is 35.9 Å². The molecule has 0 atom stereocenters. The molecule has 3 rings (SSSR count). The molecule has 0 heterocycles. The Morgan fingerprint density at radius 2 is 1.78 bits per heavy atom. The van der Waals surface area contributed by atoms with Gasteiger partial charge in [0.15, 0.2) is 0 Å². The van der Waals surface area contributed by atoms with Crippen LogP contribution >= 0.6 is 11.6 Å². The van der Waals surface area contributed by atoms with Crippen molar-refractivity contribution >= 4 is 28.3 Å². The van der Waals surface area contributed by atoms with Gasteiger partial charge >= 0.3 is 5.97 Å². The second-order valence-corrected chi connectivity index (χ2v) is 5.39. The van der Waals surface area contributed by atoms with Crippen LogP contribution < -0.4 is 0 Å². The van der Waals surface area contributed by atoms with E-state index in [1.807, 2.05) is 6.07 Å². The standard InChI is InChI=1S/C18H11ClF2O2/c1-23-18(22)11-6-5-10-3-2-4-12(13(10)7-11)14-8-15(19)17(21)9-16(14)20/h2-9H,1H3. The first-order valence-electron chi connectivity index (χ1n) is 6.77. The van der Waals surface area contributed by atoms with Crippen LogP contribution in [0.15, 0.2) is 48.5 Å². The number of rotatable bonds is 2. The molecule has 0 unspecified atom stereocenters. The van der Waals surface area contributed by atoms with Crippen molar-refractivity contribution in [3.8, 4) is 11.1 Å². The lowest BCUT2D eigenvalue weighted by Gasteiger charge is -2.10. The Morgan fingerprint density at radius 1 is 1.00 bits per heavy atom. The Hall–Kier alpha value is -2.46. The normalized spacial score (nSPS) is 10.8. The van der Waals surface area contributed by atoms with Crippen molar-refractivity contribution in [1.82, 2.24) is 0 Å². The molecule has 2 nitrogen and oxygen atoms in total. The van der Waals surface area contributed by atoms with Crippen molar-refractivity contribution in [1.29, 1.82) is 0 Å². The van der Waals surface area contributed by atoms with Crippen molar-refractivity contribution in [2.45, 2.75) is 0 Å². The van der Waals surface area contributed by atoms with Crippen molar-refractivity contribution in [2.75, 3.05) is 7.11 Å². The van der Waals surface area contributed by atoms with E-state index >= 15 is 0 Å². The van der Waals surface area contributed by atoms with Crippen LogP contribution in [0.3, 0.4) is 0 Å². The van der Waals surface area contributed by atoms with Gasteiger partial charge in [-0.2, -0.15) is 0 Å². The fourth-order valence-corrected chi connectivity index (χ4v) is 2.64. The monoisotopic (exact) mass is 332 g/mol. The van der Waals surface area contributed by atoms with Crippen molar-refractivity contribution in [2.24, 2.45) is 0 Å². The molecule has 0 bridgehead atoms. The molecule has 0 spiro atoms. The van der Waals surface area contributed by atoms with Gasteiger partial charge in [0, 0.05) is 11.6 Å². The van der Waals surface area contributed by atoms with E-state index in [0.29, 0.717) is 16.5 Å². The van der Waals surface area contributed by atoms with E-state index < -0.39 is 17.6 Å². The van der Waals surface area contributed by atoms with Gasteiger partial charge in [-0.05, 0) is 34.5 Å². The summed E-state index contributed by atoms with van der Waals surface area (Å²) >= 11 is 5.78. The zero-order valence-corrected chi connectivity index (χ0v) is 12.8. The third-order valence-corrected chi connectivity index (χ3v) is 3.89. The van der Waals surface area contributed by atoms with Gasteiger partial charge in [0.05, 0.1) is 17.7 Å². The average molecular weight is 333 g/mol. The van der Waals surface area contributed by atoms with Gasteiger partial charge in [-0.3, -0.25) is 0 Å². The van der Waals surface area contributed by atoms with Crippen molar-refractivity contribution in [3.63, 3.8) is 0 Å². The summed E-state index contributed by atoms with van der Waals surface area (Å²) in [4.78, 5) is 11.7. The summed E-state index contributed by atoms with van der Waals surface area (Å²) in [7, 11) is 1.29. The summed E-state index contributed by atoms with van der Waals surface area (Å²) in [5.74, 6) is -2.02. The SMILES string of the molecule is COC(=O)c1ccc2cccc(-c3cc(Cl)c(F)cc3F)c2c1. The Morgan fingerprint density at radius 3 is 2.52 bits per heavy atom. The fourth-order valence-electron chi connectivity index (χ4n) is 2.48. The highest BCUT2D eigenvalue weighted by molar-refractivity contribution is 6.31. The Kier molecular flexibility index (Phi) is 4.01. The highest BCUT2D eigenvalue weighted by atomic mass is 35.5. The molecule has 0 aromatic heterocycles. The maximum Gasteiger partial charge on any atom is 0.337 e. The number of hydrogen-bond donors (Lipinski definition) is 0. The molecule has 5 heteroatoms. The predicted octanol–water partition coefficient (Wildman–Crippen LogP) is 5.23. The molecule has 116 valence electrons. The summed E-state index contributed by atoms with van der Waals surface area (Å²) in [5, 5.41) is 1.30. The number of hydrogen-bond acceptors (Lipinski definition) is 2. The van der Waals surface area contributed by atoms with E-state index in [0.717, 1.165) is 11.5 Å². The van der Waals surface area contributed by atoms with Crippen LogP contribution in [0.2, 0.25) is 5.02 Å². The number of ether oxygens (including phenoxy) is 1. The molecule has 23 heavy (non-hydrogen) atoms. The van der Waals surface area contributed by atoms with Gasteiger partial charge in [0.25, 0.3) is 0 Å². The molecule has 0 saturated heterocycles. The maximum atomic E-state index is 14.2. The number of carbonyl (C=O) groups excluding carboxylic acids is 1. The van der Waals surface area contributed by atoms with Gasteiger partial charge in [0.2, 0.25) is 0 Å². The van der Waals surface area contributed by atoms with Gasteiger partial charge in [0.1, 0.15) is 11.6 Å². The zero-order chi connectivity index (χ0) is 16.6. The summed E-state index contributed by atoms with van der Waals surface area (Å²) in [6.07, 6.45) is 0. The lowest BCUT2D eigenvalue weighted by Crippen LogP contribution is -2.00. The second kappa shape index (κ2) is 5.97. The van der Waals surface area contributed by atoms with Crippen LogP contribution in [0.5, 0.6) is 0 Å². The third kappa shape index (κ3) is 2.78. The molecule has 0 saturated carbocycles. The minimum absolute atomic E-state index is 0.164. The zero-order valence-electron chi connectivity index (χ0n) is 12.1. The lowest BCUT2D eigenvalue weighted by molar-refractivity contribution is 0.0601. The molecule has 0 aliphatic carbocycles. The van der Waals surface area contributed by atoms with Gasteiger partial charge in [-0.25, -0.2) is 13.6 Å². The molecule has 0 aliphatic rings. The van der Waals surface area contributed by atoms with Crippen molar-refractivity contribution < 1.29 is 18.3 Å². The molecule has 3 aromatic rings. The van der Waals surface area contributed by atoms with Crippen LogP contribution in [0.25, 0.3) is 21.9 Å². The highest BCUT2D eigenvalue weighted by Gasteiger charge is 2.14. The first kappa shape index (κ1) is 15.4. The number of fused-ring (bicyclic) bond motifs is 1. The smallest absolute Gasteiger partial charge is 0.337 e. The highest BCUT2D eigenvalue weighted by Crippen LogP contribution is 2.33. The minimum Gasteiger partial charge on any atom is -0.465 e. The van der Waals surface area contributed by atoms with Crippen LogP contribution in [-0.2, 0) is 4.74 Å². The van der Waals surface area contributed by atoms with Crippen molar-refractivity contribution in [3.05, 3.63) is 70.8 Å². The predicted molar refractivity (Wildman–Crippen MR) is 85.6 cm³/mol. The second-order valence-electron chi connectivity index (χ2n) is 4.98. The van der Waals surface area contributed by atoms with E-state index in [9.17, 15) is 13.6 Å². The molecule has 0 N–H and O–H groups in total. The van der Waals surface area contributed by atoms with E-state index in [4.69, 9.17) is 16.3 Å². The van der Waals surface area contributed by atoms with E-state index in [-0.39, 0.29) is 10.6 Å². The molecule has 3 aromatic carbocycles. The Bertz CT molecular complexity index is 922. The summed E-state index contributed by atoms with van der Waals surface area (Å²) in [5.41, 5.74) is 1.04. The van der Waals surface area contributed by atoms with Gasteiger partial charge in [-0.15, -0.1) is 0 Å². The van der Waals surface area contributed by atoms with Crippen LogP contribution in [0.4, 0.5) is 8.78 Å². The van der Waals surface area contributed by atoms with E-state index in [2.05, 4.69) is 0 Å². The van der Waals surface area contributed by atoms with Crippen LogP contribution in [-0.4, -0.2) is 13.1 Å². The minimum atomic E-state index is -0.816. The number of carbonyl (C=O) groups is 1. The number of halogens is 3. The molecule has 0 fully saturated rings. The summed E-state index contributed by atoms with van der Waals surface area (Å²) in [6, 6.07) is 12.3. The largest absolute Gasteiger partial charge is 0.465 e. The first-order valence-corrected chi connectivity index (χ1v) is 7.15.